The Morgan fingerprint density at radius 2 is 2.10 bits per heavy atom. The molecule has 1 aromatic heterocycles. The van der Waals surface area contributed by atoms with Crippen molar-refractivity contribution in [2.75, 3.05) is 13.1 Å². The third kappa shape index (κ3) is 2.15. The van der Waals surface area contributed by atoms with E-state index in [1.807, 2.05) is 0 Å². The van der Waals surface area contributed by atoms with Gasteiger partial charge in [0, 0.05) is 34.9 Å². The Hall–Kier alpha value is -1.01. The monoisotopic (exact) mass is 346 g/mol. The number of alkyl halides is 3. The van der Waals surface area contributed by atoms with Crippen LogP contribution in [0, 0.1) is 0 Å². The molecule has 1 atom stereocenters. The van der Waals surface area contributed by atoms with E-state index in [0.29, 0.717) is 23.0 Å². The summed E-state index contributed by atoms with van der Waals surface area (Å²) < 4.78 is 42.4. The lowest BCUT2D eigenvalue weighted by atomic mass is 9.95. The Balaban J connectivity index is 2.33. The van der Waals surface area contributed by atoms with Gasteiger partial charge in [-0.25, -0.2) is 0 Å². The first-order valence-corrected chi connectivity index (χ1v) is 7.24. The van der Waals surface area contributed by atoms with Crippen molar-refractivity contribution in [3.05, 3.63) is 33.9 Å². The third-order valence-corrected chi connectivity index (χ3v) is 4.43. The molecule has 0 aliphatic carbocycles. The molecular weight excluding hydrogens is 333 g/mol. The molecule has 20 heavy (non-hydrogen) atoms. The minimum Gasteiger partial charge on any atom is -0.340 e. The first-order chi connectivity index (χ1) is 9.39. The van der Waals surface area contributed by atoms with Gasteiger partial charge in [0.1, 0.15) is 5.69 Å². The smallest absolute Gasteiger partial charge is 0.340 e. The van der Waals surface area contributed by atoms with Crippen LogP contribution in [0.1, 0.15) is 23.6 Å². The number of halogens is 4. The summed E-state index contributed by atoms with van der Waals surface area (Å²) in [5.74, 6) is -0.0727. The molecule has 0 spiro atoms. The number of rotatable bonds is 1. The zero-order valence-corrected chi connectivity index (χ0v) is 12.5. The van der Waals surface area contributed by atoms with Crippen molar-refractivity contribution in [3.63, 3.8) is 0 Å². The second kappa shape index (κ2) is 4.77. The lowest BCUT2D eigenvalue weighted by Crippen LogP contribution is -2.16. The summed E-state index contributed by atoms with van der Waals surface area (Å²) in [6.07, 6.45) is -3.59. The fourth-order valence-electron chi connectivity index (χ4n) is 3.10. The van der Waals surface area contributed by atoms with Crippen molar-refractivity contribution < 1.29 is 13.2 Å². The minimum absolute atomic E-state index is 0.0727. The van der Waals surface area contributed by atoms with Crippen molar-refractivity contribution in [2.24, 2.45) is 7.05 Å². The molecule has 0 saturated carbocycles. The number of nitrogens with one attached hydrogen (secondary N) is 1. The van der Waals surface area contributed by atoms with E-state index in [4.69, 9.17) is 0 Å². The molecule has 0 amide bonds. The average Bonchev–Trinajstić information content (AvgIpc) is 2.95. The van der Waals surface area contributed by atoms with Crippen LogP contribution in [0.2, 0.25) is 0 Å². The van der Waals surface area contributed by atoms with E-state index in [9.17, 15) is 13.2 Å². The second-order valence-electron chi connectivity index (χ2n) is 5.17. The SMILES string of the molecule is Cn1c(C(F)(F)F)c(C2CCNC2)c2ccc(Br)cc21. The number of aromatic nitrogens is 1. The largest absolute Gasteiger partial charge is 0.431 e. The highest BCUT2D eigenvalue weighted by atomic mass is 79.9. The Morgan fingerprint density at radius 3 is 2.70 bits per heavy atom. The van der Waals surface area contributed by atoms with Crippen molar-refractivity contribution in [1.29, 1.82) is 0 Å². The van der Waals surface area contributed by atoms with E-state index in [1.165, 1.54) is 11.6 Å². The summed E-state index contributed by atoms with van der Waals surface area (Å²) in [4.78, 5) is 0. The molecule has 3 rings (SSSR count). The summed E-state index contributed by atoms with van der Waals surface area (Å²) in [6.45, 7) is 1.38. The van der Waals surface area contributed by atoms with Crippen molar-refractivity contribution in [2.45, 2.75) is 18.5 Å². The molecule has 2 nitrogen and oxygen atoms in total. The van der Waals surface area contributed by atoms with Gasteiger partial charge >= 0.3 is 6.18 Å². The van der Waals surface area contributed by atoms with Crippen LogP contribution < -0.4 is 5.32 Å². The summed E-state index contributed by atoms with van der Waals surface area (Å²) >= 11 is 3.33. The molecule has 6 heteroatoms. The molecule has 108 valence electrons. The highest BCUT2D eigenvalue weighted by molar-refractivity contribution is 9.10. The van der Waals surface area contributed by atoms with Gasteiger partial charge in [0.05, 0.1) is 0 Å². The van der Waals surface area contributed by atoms with E-state index in [0.717, 1.165) is 17.4 Å². The van der Waals surface area contributed by atoms with E-state index in [-0.39, 0.29) is 5.92 Å². The van der Waals surface area contributed by atoms with E-state index in [2.05, 4.69) is 21.2 Å². The predicted octanol–water partition coefficient (Wildman–Crippen LogP) is 4.04. The molecule has 1 aliphatic rings. The van der Waals surface area contributed by atoms with Gasteiger partial charge in [-0.3, -0.25) is 0 Å². The van der Waals surface area contributed by atoms with Crippen LogP contribution in [0.4, 0.5) is 13.2 Å². The Bertz CT molecular complexity index is 654. The van der Waals surface area contributed by atoms with Gasteiger partial charge in [-0.05, 0) is 30.7 Å². The van der Waals surface area contributed by atoms with Gasteiger partial charge in [0.15, 0.2) is 0 Å². The molecule has 1 saturated heterocycles. The normalized spacial score (nSPS) is 19.9. The van der Waals surface area contributed by atoms with Gasteiger partial charge in [-0.2, -0.15) is 13.2 Å². The van der Waals surface area contributed by atoms with Crippen molar-refractivity contribution >= 4 is 26.8 Å². The first-order valence-electron chi connectivity index (χ1n) is 6.45. The maximum atomic E-state index is 13.4. The van der Waals surface area contributed by atoms with Crippen molar-refractivity contribution in [1.82, 2.24) is 9.88 Å². The summed E-state index contributed by atoms with van der Waals surface area (Å²) in [5.41, 5.74) is 0.542. The lowest BCUT2D eigenvalue weighted by molar-refractivity contribution is -0.143. The highest BCUT2D eigenvalue weighted by Crippen LogP contribution is 2.43. The van der Waals surface area contributed by atoms with Crippen LogP contribution in [0.15, 0.2) is 22.7 Å². The highest BCUT2D eigenvalue weighted by Gasteiger charge is 2.40. The fraction of sp³-hybridized carbons (Fsp3) is 0.429. The van der Waals surface area contributed by atoms with Crippen LogP contribution in [-0.2, 0) is 13.2 Å². The van der Waals surface area contributed by atoms with E-state index in [1.54, 1.807) is 18.2 Å². The number of aryl methyl sites for hydroxylation is 1. The Labute approximate surface area is 123 Å². The molecule has 0 bridgehead atoms. The molecule has 0 radical (unpaired) electrons. The lowest BCUT2D eigenvalue weighted by Gasteiger charge is -2.15. The summed E-state index contributed by atoms with van der Waals surface area (Å²) in [6, 6.07) is 5.33. The Morgan fingerprint density at radius 1 is 1.35 bits per heavy atom. The quantitative estimate of drug-likeness (QED) is 0.824. The van der Waals surface area contributed by atoms with Gasteiger partial charge < -0.3 is 9.88 Å². The van der Waals surface area contributed by atoms with Crippen LogP contribution in [-0.4, -0.2) is 17.7 Å². The van der Waals surface area contributed by atoms with E-state index >= 15 is 0 Å². The third-order valence-electron chi connectivity index (χ3n) is 3.94. The summed E-state index contributed by atoms with van der Waals surface area (Å²) in [7, 11) is 1.49. The van der Waals surface area contributed by atoms with Gasteiger partial charge in [-0.15, -0.1) is 0 Å². The predicted molar refractivity (Wildman–Crippen MR) is 75.8 cm³/mol. The van der Waals surface area contributed by atoms with Crippen molar-refractivity contribution in [3.8, 4) is 0 Å². The van der Waals surface area contributed by atoms with Crippen LogP contribution >= 0.6 is 15.9 Å². The van der Waals surface area contributed by atoms with E-state index < -0.39 is 11.9 Å². The van der Waals surface area contributed by atoms with Crippen LogP contribution in [0.3, 0.4) is 0 Å². The van der Waals surface area contributed by atoms with Crippen LogP contribution in [0.25, 0.3) is 10.9 Å². The number of benzene rings is 1. The number of fused-ring (bicyclic) bond motifs is 1. The number of hydrogen-bond donors (Lipinski definition) is 1. The molecule has 2 heterocycles. The molecule has 1 aromatic carbocycles. The molecule has 2 aromatic rings. The zero-order valence-electron chi connectivity index (χ0n) is 10.9. The minimum atomic E-state index is -4.34. The maximum Gasteiger partial charge on any atom is 0.431 e. The second-order valence-corrected chi connectivity index (χ2v) is 6.09. The topological polar surface area (TPSA) is 17.0 Å². The number of hydrogen-bond acceptors (Lipinski definition) is 1. The standard InChI is InChI=1S/C14H14BrF3N2/c1-20-11-6-9(15)2-3-10(11)12(8-4-5-19-7-8)13(20)14(16,17)18/h2-3,6,8,19H,4-5,7H2,1H3. The maximum absolute atomic E-state index is 13.4. The van der Waals surface area contributed by atoms with Gasteiger partial charge in [-0.1, -0.05) is 22.0 Å². The molecule has 1 N–H and O–H groups in total. The van der Waals surface area contributed by atoms with Gasteiger partial charge in [0.25, 0.3) is 0 Å². The fourth-order valence-corrected chi connectivity index (χ4v) is 3.44. The van der Waals surface area contributed by atoms with Crippen LogP contribution in [0.5, 0.6) is 0 Å². The zero-order chi connectivity index (χ0) is 14.5. The van der Waals surface area contributed by atoms with Gasteiger partial charge in [0.2, 0.25) is 0 Å². The average molecular weight is 347 g/mol. The molecule has 1 unspecified atom stereocenters. The number of nitrogens with zero attached hydrogens (tertiary/aromatic N) is 1. The first kappa shape index (κ1) is 13.9. The molecular formula is C14H14BrF3N2. The molecule has 1 fully saturated rings. The summed E-state index contributed by atoms with van der Waals surface area (Å²) in [5, 5.41) is 3.85. The molecule has 1 aliphatic heterocycles. The Kier molecular flexibility index (Phi) is 3.33.